The first-order valence-corrected chi connectivity index (χ1v) is 4.84. The predicted molar refractivity (Wildman–Crippen MR) is 52.1 cm³/mol. The van der Waals surface area contributed by atoms with Gasteiger partial charge in [-0.25, -0.2) is 0 Å². The quantitative estimate of drug-likeness (QED) is 0.576. The van der Waals surface area contributed by atoms with Crippen molar-refractivity contribution in [2.45, 2.75) is 39.7 Å². The molecule has 2 atom stereocenters. The average Bonchev–Trinajstić information content (AvgIpc) is 2.05. The van der Waals surface area contributed by atoms with Crippen LogP contribution in [-0.2, 0) is 4.74 Å². The van der Waals surface area contributed by atoms with E-state index in [1.165, 1.54) is 18.4 Å². The molecule has 12 heavy (non-hydrogen) atoms. The SMILES string of the molecule is CO[C@H]1C[C@H](C(C)C)CC=C1C. The lowest BCUT2D eigenvalue weighted by Crippen LogP contribution is -2.24. The zero-order chi connectivity index (χ0) is 9.14. The van der Waals surface area contributed by atoms with Crippen molar-refractivity contribution < 1.29 is 4.74 Å². The Kier molecular flexibility index (Phi) is 3.33. The second-order valence-corrected chi connectivity index (χ2v) is 4.15. The molecule has 0 fully saturated rings. The number of ether oxygens (including phenoxy) is 1. The van der Waals surface area contributed by atoms with E-state index in [0.29, 0.717) is 6.10 Å². The summed E-state index contributed by atoms with van der Waals surface area (Å²) in [6.07, 6.45) is 5.16. The fourth-order valence-corrected chi connectivity index (χ4v) is 1.85. The lowest BCUT2D eigenvalue weighted by molar-refractivity contribution is 0.0921. The van der Waals surface area contributed by atoms with Crippen molar-refractivity contribution in [3.63, 3.8) is 0 Å². The minimum Gasteiger partial charge on any atom is -0.377 e. The Balaban J connectivity index is 2.58. The molecule has 1 aliphatic carbocycles. The molecule has 0 N–H and O–H groups in total. The van der Waals surface area contributed by atoms with Crippen molar-refractivity contribution in [3.8, 4) is 0 Å². The first-order valence-electron chi connectivity index (χ1n) is 4.84. The van der Waals surface area contributed by atoms with Gasteiger partial charge in [-0.05, 0) is 37.2 Å². The monoisotopic (exact) mass is 168 g/mol. The molecule has 0 radical (unpaired) electrons. The van der Waals surface area contributed by atoms with E-state index >= 15 is 0 Å². The maximum atomic E-state index is 5.42. The van der Waals surface area contributed by atoms with Gasteiger partial charge in [0.25, 0.3) is 0 Å². The van der Waals surface area contributed by atoms with Crippen LogP contribution >= 0.6 is 0 Å². The van der Waals surface area contributed by atoms with Gasteiger partial charge < -0.3 is 4.74 Å². The highest BCUT2D eigenvalue weighted by atomic mass is 16.5. The minimum absolute atomic E-state index is 0.381. The van der Waals surface area contributed by atoms with Gasteiger partial charge in [-0.2, -0.15) is 0 Å². The van der Waals surface area contributed by atoms with Crippen molar-refractivity contribution in [1.29, 1.82) is 0 Å². The zero-order valence-electron chi connectivity index (χ0n) is 8.63. The van der Waals surface area contributed by atoms with Crippen molar-refractivity contribution >= 4 is 0 Å². The van der Waals surface area contributed by atoms with Crippen molar-refractivity contribution in [3.05, 3.63) is 11.6 Å². The van der Waals surface area contributed by atoms with Gasteiger partial charge in [0, 0.05) is 7.11 Å². The van der Waals surface area contributed by atoms with Crippen LogP contribution in [0.3, 0.4) is 0 Å². The third kappa shape index (κ3) is 2.10. The van der Waals surface area contributed by atoms with Gasteiger partial charge >= 0.3 is 0 Å². The van der Waals surface area contributed by atoms with E-state index in [-0.39, 0.29) is 0 Å². The molecule has 70 valence electrons. The fraction of sp³-hybridized carbons (Fsp3) is 0.818. The lowest BCUT2D eigenvalue weighted by atomic mass is 9.81. The smallest absolute Gasteiger partial charge is 0.0781 e. The number of hydrogen-bond acceptors (Lipinski definition) is 1. The van der Waals surface area contributed by atoms with Gasteiger partial charge in [-0.1, -0.05) is 19.9 Å². The Bertz CT molecular complexity index is 170. The third-order valence-electron chi connectivity index (χ3n) is 2.99. The molecule has 0 aromatic carbocycles. The van der Waals surface area contributed by atoms with Gasteiger partial charge in [0.2, 0.25) is 0 Å². The van der Waals surface area contributed by atoms with Gasteiger partial charge in [0.05, 0.1) is 6.10 Å². The van der Waals surface area contributed by atoms with Gasteiger partial charge in [0.15, 0.2) is 0 Å². The maximum absolute atomic E-state index is 5.42. The normalized spacial score (nSPS) is 30.6. The van der Waals surface area contributed by atoms with Crippen LogP contribution in [0.25, 0.3) is 0 Å². The van der Waals surface area contributed by atoms with E-state index in [9.17, 15) is 0 Å². The van der Waals surface area contributed by atoms with Crippen molar-refractivity contribution in [1.82, 2.24) is 0 Å². The molecule has 0 saturated heterocycles. The first kappa shape index (κ1) is 9.79. The van der Waals surface area contributed by atoms with E-state index in [0.717, 1.165) is 11.8 Å². The van der Waals surface area contributed by atoms with Crippen LogP contribution in [0, 0.1) is 11.8 Å². The summed E-state index contributed by atoms with van der Waals surface area (Å²) in [5, 5.41) is 0. The van der Waals surface area contributed by atoms with E-state index in [1.807, 2.05) is 7.11 Å². The average molecular weight is 168 g/mol. The summed E-state index contributed by atoms with van der Waals surface area (Å²) in [5.74, 6) is 1.60. The van der Waals surface area contributed by atoms with Crippen LogP contribution in [0.5, 0.6) is 0 Å². The lowest BCUT2D eigenvalue weighted by Gasteiger charge is -2.29. The zero-order valence-corrected chi connectivity index (χ0v) is 8.63. The third-order valence-corrected chi connectivity index (χ3v) is 2.99. The van der Waals surface area contributed by atoms with Crippen molar-refractivity contribution in [2.24, 2.45) is 11.8 Å². The van der Waals surface area contributed by atoms with E-state index < -0.39 is 0 Å². The molecule has 1 rings (SSSR count). The van der Waals surface area contributed by atoms with Gasteiger partial charge in [-0.3, -0.25) is 0 Å². The number of allylic oxidation sites excluding steroid dienone is 1. The van der Waals surface area contributed by atoms with E-state index in [2.05, 4.69) is 26.8 Å². The molecule has 0 aliphatic heterocycles. The topological polar surface area (TPSA) is 9.23 Å². The molecule has 0 unspecified atom stereocenters. The predicted octanol–water partition coefficient (Wildman–Crippen LogP) is 3.01. The summed E-state index contributed by atoms with van der Waals surface area (Å²) < 4.78 is 5.42. The summed E-state index contributed by atoms with van der Waals surface area (Å²) in [6.45, 7) is 6.77. The van der Waals surface area contributed by atoms with Crippen LogP contribution in [0.15, 0.2) is 11.6 Å². The second-order valence-electron chi connectivity index (χ2n) is 4.15. The van der Waals surface area contributed by atoms with Gasteiger partial charge in [-0.15, -0.1) is 0 Å². The molecule has 0 bridgehead atoms. The molecule has 0 saturated carbocycles. The highest BCUT2D eigenvalue weighted by Crippen LogP contribution is 2.30. The molecule has 0 spiro atoms. The van der Waals surface area contributed by atoms with Crippen LogP contribution < -0.4 is 0 Å². The molecule has 0 heterocycles. The van der Waals surface area contributed by atoms with E-state index in [1.54, 1.807) is 0 Å². The molecule has 0 aromatic rings. The Labute approximate surface area is 75.8 Å². The standard InChI is InChI=1S/C11H20O/c1-8(2)10-6-5-9(3)11(7-10)12-4/h5,8,10-11H,6-7H2,1-4H3/t10-,11+/m1/s1. The fourth-order valence-electron chi connectivity index (χ4n) is 1.85. The molecule has 1 nitrogen and oxygen atoms in total. The number of rotatable bonds is 2. The molecule has 1 aliphatic rings. The summed E-state index contributed by atoms with van der Waals surface area (Å²) >= 11 is 0. The molecule has 1 heteroatoms. The summed E-state index contributed by atoms with van der Waals surface area (Å²) in [6, 6.07) is 0. The highest BCUT2D eigenvalue weighted by molar-refractivity contribution is 5.10. The molecular weight excluding hydrogens is 148 g/mol. The van der Waals surface area contributed by atoms with Gasteiger partial charge in [0.1, 0.15) is 0 Å². The van der Waals surface area contributed by atoms with Crippen LogP contribution in [-0.4, -0.2) is 13.2 Å². The Morgan fingerprint density at radius 1 is 1.50 bits per heavy atom. The largest absolute Gasteiger partial charge is 0.377 e. The van der Waals surface area contributed by atoms with Crippen molar-refractivity contribution in [2.75, 3.05) is 7.11 Å². The van der Waals surface area contributed by atoms with Crippen LogP contribution in [0.2, 0.25) is 0 Å². The highest BCUT2D eigenvalue weighted by Gasteiger charge is 2.23. The number of hydrogen-bond donors (Lipinski definition) is 0. The maximum Gasteiger partial charge on any atom is 0.0781 e. The molecule has 0 amide bonds. The summed E-state index contributed by atoms with van der Waals surface area (Å²) in [4.78, 5) is 0. The first-order chi connectivity index (χ1) is 5.65. The Morgan fingerprint density at radius 3 is 2.67 bits per heavy atom. The summed E-state index contributed by atoms with van der Waals surface area (Å²) in [7, 11) is 1.81. The molecular formula is C11H20O. The van der Waals surface area contributed by atoms with Crippen LogP contribution in [0.1, 0.15) is 33.6 Å². The Hall–Kier alpha value is -0.300. The van der Waals surface area contributed by atoms with Crippen LogP contribution in [0.4, 0.5) is 0 Å². The summed E-state index contributed by atoms with van der Waals surface area (Å²) in [5.41, 5.74) is 1.41. The Morgan fingerprint density at radius 2 is 2.17 bits per heavy atom. The van der Waals surface area contributed by atoms with E-state index in [4.69, 9.17) is 4.74 Å². The second kappa shape index (κ2) is 4.08. The minimum atomic E-state index is 0.381. The molecule has 0 aromatic heterocycles. The number of methoxy groups -OCH3 is 1.